The molecular formula is C19H26N2O2. The number of rotatable bonds is 6. The van der Waals surface area contributed by atoms with E-state index in [0.717, 1.165) is 19.3 Å². The SMILES string of the molecule is CC(C)Cc1ccc([C@@H](NC(=O)[C@@H]2CCC(=O)N2)C2CC2)cc1. The zero-order valence-electron chi connectivity index (χ0n) is 14.0. The smallest absolute Gasteiger partial charge is 0.243 e. The molecule has 2 amide bonds. The highest BCUT2D eigenvalue weighted by atomic mass is 16.2. The number of benzene rings is 1. The van der Waals surface area contributed by atoms with E-state index in [0.29, 0.717) is 24.7 Å². The van der Waals surface area contributed by atoms with Crippen LogP contribution < -0.4 is 10.6 Å². The molecule has 23 heavy (non-hydrogen) atoms. The number of amides is 2. The molecule has 0 aromatic heterocycles. The summed E-state index contributed by atoms with van der Waals surface area (Å²) < 4.78 is 0. The molecule has 1 saturated carbocycles. The van der Waals surface area contributed by atoms with Gasteiger partial charge in [0.15, 0.2) is 0 Å². The average Bonchev–Trinajstić information content (AvgIpc) is 3.26. The summed E-state index contributed by atoms with van der Waals surface area (Å²) in [5.74, 6) is 1.11. The van der Waals surface area contributed by atoms with Crippen molar-refractivity contribution in [3.63, 3.8) is 0 Å². The molecule has 0 radical (unpaired) electrons. The Morgan fingerprint density at radius 1 is 1.22 bits per heavy atom. The monoisotopic (exact) mass is 314 g/mol. The summed E-state index contributed by atoms with van der Waals surface area (Å²) >= 11 is 0. The van der Waals surface area contributed by atoms with Crippen molar-refractivity contribution in [3.8, 4) is 0 Å². The lowest BCUT2D eigenvalue weighted by molar-refractivity contribution is -0.126. The van der Waals surface area contributed by atoms with Gasteiger partial charge in [0.05, 0.1) is 6.04 Å². The van der Waals surface area contributed by atoms with Crippen molar-refractivity contribution in [1.82, 2.24) is 10.6 Å². The maximum atomic E-state index is 12.4. The maximum Gasteiger partial charge on any atom is 0.243 e. The third-order valence-electron chi connectivity index (χ3n) is 4.69. The highest BCUT2D eigenvalue weighted by molar-refractivity contribution is 5.91. The first-order valence-corrected chi connectivity index (χ1v) is 8.71. The molecule has 1 aromatic rings. The molecule has 1 aliphatic heterocycles. The van der Waals surface area contributed by atoms with Crippen LogP contribution >= 0.6 is 0 Å². The van der Waals surface area contributed by atoms with Crippen molar-refractivity contribution in [3.05, 3.63) is 35.4 Å². The molecule has 0 unspecified atom stereocenters. The van der Waals surface area contributed by atoms with Crippen LogP contribution in [0.25, 0.3) is 0 Å². The van der Waals surface area contributed by atoms with Crippen LogP contribution in [0.3, 0.4) is 0 Å². The molecule has 2 atom stereocenters. The van der Waals surface area contributed by atoms with Crippen LogP contribution in [-0.4, -0.2) is 17.9 Å². The van der Waals surface area contributed by atoms with Crippen molar-refractivity contribution in [2.24, 2.45) is 11.8 Å². The summed E-state index contributed by atoms with van der Waals surface area (Å²) in [4.78, 5) is 23.7. The Labute approximate surface area is 138 Å². The Morgan fingerprint density at radius 2 is 1.91 bits per heavy atom. The molecule has 1 aliphatic carbocycles. The largest absolute Gasteiger partial charge is 0.347 e. The lowest BCUT2D eigenvalue weighted by atomic mass is 9.97. The molecule has 0 spiro atoms. The van der Waals surface area contributed by atoms with Gasteiger partial charge in [0.25, 0.3) is 0 Å². The minimum absolute atomic E-state index is 0.0221. The molecular weight excluding hydrogens is 288 g/mol. The van der Waals surface area contributed by atoms with E-state index >= 15 is 0 Å². The van der Waals surface area contributed by atoms with Gasteiger partial charge in [0, 0.05) is 6.42 Å². The zero-order chi connectivity index (χ0) is 16.4. The Bertz CT molecular complexity index is 576. The first-order chi connectivity index (χ1) is 11.0. The van der Waals surface area contributed by atoms with Gasteiger partial charge in [-0.25, -0.2) is 0 Å². The summed E-state index contributed by atoms with van der Waals surface area (Å²) in [6.07, 6.45) is 4.46. The summed E-state index contributed by atoms with van der Waals surface area (Å²) in [6, 6.07) is 8.36. The first-order valence-electron chi connectivity index (χ1n) is 8.71. The van der Waals surface area contributed by atoms with Crippen LogP contribution in [0.2, 0.25) is 0 Å². The number of carbonyl (C=O) groups excluding carboxylic acids is 2. The number of carbonyl (C=O) groups is 2. The number of nitrogens with one attached hydrogen (secondary N) is 2. The third-order valence-corrected chi connectivity index (χ3v) is 4.69. The van der Waals surface area contributed by atoms with Gasteiger partial charge >= 0.3 is 0 Å². The average molecular weight is 314 g/mol. The molecule has 3 rings (SSSR count). The fraction of sp³-hybridized carbons (Fsp3) is 0.579. The summed E-state index contributed by atoms with van der Waals surface area (Å²) in [5.41, 5.74) is 2.52. The van der Waals surface area contributed by atoms with Gasteiger partial charge in [0.1, 0.15) is 6.04 Å². The van der Waals surface area contributed by atoms with E-state index in [1.165, 1.54) is 11.1 Å². The second-order valence-electron chi connectivity index (χ2n) is 7.32. The summed E-state index contributed by atoms with van der Waals surface area (Å²) in [6.45, 7) is 4.44. The van der Waals surface area contributed by atoms with Crippen molar-refractivity contribution in [2.75, 3.05) is 0 Å². The predicted molar refractivity (Wildman–Crippen MR) is 89.8 cm³/mol. The Kier molecular flexibility index (Phi) is 4.69. The molecule has 2 N–H and O–H groups in total. The minimum atomic E-state index is -0.357. The maximum absolute atomic E-state index is 12.4. The highest BCUT2D eigenvalue weighted by Gasteiger charge is 2.36. The van der Waals surface area contributed by atoms with Crippen LogP contribution in [0.4, 0.5) is 0 Å². The van der Waals surface area contributed by atoms with Gasteiger partial charge in [-0.1, -0.05) is 38.1 Å². The highest BCUT2D eigenvalue weighted by Crippen LogP contribution is 2.41. The van der Waals surface area contributed by atoms with Crippen LogP contribution in [0.15, 0.2) is 24.3 Å². The molecule has 0 bridgehead atoms. The molecule has 1 aromatic carbocycles. The molecule has 2 aliphatic rings. The second kappa shape index (κ2) is 6.73. The normalized spacial score (nSPS) is 22.0. The Balaban J connectivity index is 1.66. The van der Waals surface area contributed by atoms with Crippen LogP contribution in [0, 0.1) is 11.8 Å². The van der Waals surface area contributed by atoms with Crippen molar-refractivity contribution < 1.29 is 9.59 Å². The topological polar surface area (TPSA) is 58.2 Å². The van der Waals surface area contributed by atoms with Gasteiger partial charge in [-0.05, 0) is 48.6 Å². The second-order valence-corrected chi connectivity index (χ2v) is 7.32. The lowest BCUT2D eigenvalue weighted by Gasteiger charge is -2.21. The Hall–Kier alpha value is -1.84. The van der Waals surface area contributed by atoms with E-state index in [1.54, 1.807) is 0 Å². The molecule has 1 heterocycles. The molecule has 4 nitrogen and oxygen atoms in total. The van der Waals surface area contributed by atoms with Gasteiger partial charge in [-0.3, -0.25) is 9.59 Å². The van der Waals surface area contributed by atoms with E-state index in [-0.39, 0.29) is 23.9 Å². The van der Waals surface area contributed by atoms with Crippen molar-refractivity contribution in [2.45, 2.75) is 58.0 Å². The van der Waals surface area contributed by atoms with E-state index in [1.807, 2.05) is 0 Å². The lowest BCUT2D eigenvalue weighted by Crippen LogP contribution is -2.43. The van der Waals surface area contributed by atoms with Crippen LogP contribution in [0.5, 0.6) is 0 Å². The van der Waals surface area contributed by atoms with Gasteiger partial charge in [0.2, 0.25) is 11.8 Å². The molecule has 2 fully saturated rings. The summed E-state index contributed by atoms with van der Waals surface area (Å²) in [5, 5.41) is 5.91. The molecule has 4 heteroatoms. The number of hydrogen-bond acceptors (Lipinski definition) is 2. The fourth-order valence-corrected chi connectivity index (χ4v) is 3.30. The van der Waals surface area contributed by atoms with Crippen molar-refractivity contribution in [1.29, 1.82) is 0 Å². The fourth-order valence-electron chi connectivity index (χ4n) is 3.30. The van der Waals surface area contributed by atoms with Gasteiger partial charge in [-0.2, -0.15) is 0 Å². The molecule has 1 saturated heterocycles. The van der Waals surface area contributed by atoms with E-state index < -0.39 is 0 Å². The van der Waals surface area contributed by atoms with Gasteiger partial charge < -0.3 is 10.6 Å². The van der Waals surface area contributed by atoms with Crippen molar-refractivity contribution >= 4 is 11.8 Å². The standard InChI is InChI=1S/C19H26N2O2/c1-12(2)11-13-3-5-14(6-4-13)18(15-7-8-15)21-19(23)16-9-10-17(22)20-16/h3-6,12,15-16,18H,7-11H2,1-2H3,(H,20,22)(H,21,23)/t16-,18+/m0/s1. The third kappa shape index (κ3) is 4.12. The van der Waals surface area contributed by atoms with E-state index in [4.69, 9.17) is 0 Å². The Morgan fingerprint density at radius 3 is 2.43 bits per heavy atom. The van der Waals surface area contributed by atoms with Crippen LogP contribution in [0.1, 0.15) is 56.7 Å². The molecule has 124 valence electrons. The zero-order valence-corrected chi connectivity index (χ0v) is 14.0. The van der Waals surface area contributed by atoms with E-state index in [9.17, 15) is 9.59 Å². The predicted octanol–water partition coefficient (Wildman–Crippen LogP) is 2.73. The summed E-state index contributed by atoms with van der Waals surface area (Å²) in [7, 11) is 0. The first kappa shape index (κ1) is 16.0. The number of hydrogen-bond donors (Lipinski definition) is 2. The minimum Gasteiger partial charge on any atom is -0.347 e. The van der Waals surface area contributed by atoms with Crippen LogP contribution in [-0.2, 0) is 16.0 Å². The van der Waals surface area contributed by atoms with E-state index in [2.05, 4.69) is 48.7 Å². The quantitative estimate of drug-likeness (QED) is 0.848. The van der Waals surface area contributed by atoms with Gasteiger partial charge in [-0.15, -0.1) is 0 Å².